The lowest BCUT2D eigenvalue weighted by molar-refractivity contribution is -0.124. The molecule has 0 aliphatic carbocycles. The lowest BCUT2D eigenvalue weighted by atomic mass is 9.79. The summed E-state index contributed by atoms with van der Waals surface area (Å²) in [4.78, 5) is 17.2. The second kappa shape index (κ2) is 6.66. The van der Waals surface area contributed by atoms with Crippen LogP contribution in [0.2, 0.25) is 0 Å². The van der Waals surface area contributed by atoms with E-state index in [0.717, 1.165) is 11.1 Å². The number of hydrogen-bond donors (Lipinski definition) is 2. The molecule has 4 nitrogen and oxygen atoms in total. The van der Waals surface area contributed by atoms with Crippen molar-refractivity contribution in [1.29, 1.82) is 0 Å². The normalized spacial score (nSPS) is 16.2. The van der Waals surface area contributed by atoms with Gasteiger partial charge in [-0.2, -0.15) is 0 Å². The number of benzene rings is 1. The number of halogens is 1. The molecule has 5 heteroatoms. The second-order valence-corrected chi connectivity index (χ2v) is 5.69. The molecule has 3 rings (SSSR count). The van der Waals surface area contributed by atoms with Gasteiger partial charge in [-0.15, -0.1) is 0 Å². The highest BCUT2D eigenvalue weighted by Gasteiger charge is 2.37. The van der Waals surface area contributed by atoms with Crippen LogP contribution >= 0.6 is 0 Å². The molecule has 0 radical (unpaired) electrons. The zero-order valence-electron chi connectivity index (χ0n) is 13.2. The molecule has 1 aromatic heterocycles. The maximum absolute atomic E-state index is 13.1. The molecule has 0 spiro atoms. The van der Waals surface area contributed by atoms with Crippen molar-refractivity contribution in [3.05, 3.63) is 90.3 Å². The van der Waals surface area contributed by atoms with Crippen LogP contribution in [0.5, 0.6) is 0 Å². The van der Waals surface area contributed by atoms with Gasteiger partial charge in [-0.05, 0) is 60.8 Å². The smallest absolute Gasteiger partial charge is 0.239 e. The molecule has 0 unspecified atom stereocenters. The summed E-state index contributed by atoms with van der Waals surface area (Å²) >= 11 is 0. The van der Waals surface area contributed by atoms with E-state index in [2.05, 4.69) is 15.6 Å². The summed E-state index contributed by atoms with van der Waals surface area (Å²) in [5.74, 6) is -0.463. The number of carbonyl (C=O) groups excluding carboxylic acids is 1. The van der Waals surface area contributed by atoms with Crippen molar-refractivity contribution in [2.24, 2.45) is 0 Å². The van der Waals surface area contributed by atoms with Crippen LogP contribution in [-0.4, -0.2) is 10.9 Å². The lowest BCUT2D eigenvalue weighted by Crippen LogP contribution is -2.44. The van der Waals surface area contributed by atoms with Gasteiger partial charge in [-0.1, -0.05) is 18.2 Å². The highest BCUT2D eigenvalue weighted by Crippen LogP contribution is 2.30. The third-order valence-electron chi connectivity index (χ3n) is 4.12. The van der Waals surface area contributed by atoms with Crippen LogP contribution in [0, 0.1) is 5.82 Å². The van der Waals surface area contributed by atoms with Crippen molar-refractivity contribution in [2.75, 3.05) is 0 Å². The molecule has 1 amide bonds. The summed E-state index contributed by atoms with van der Waals surface area (Å²) in [6, 6.07) is 9.55. The largest absolute Gasteiger partial charge is 0.368 e. The summed E-state index contributed by atoms with van der Waals surface area (Å²) < 4.78 is 13.1. The number of pyridine rings is 1. The summed E-state index contributed by atoms with van der Waals surface area (Å²) in [6.07, 6.45) is 10.4. The van der Waals surface area contributed by atoms with Crippen LogP contribution in [0.1, 0.15) is 24.1 Å². The number of dihydropyridines is 1. The van der Waals surface area contributed by atoms with E-state index in [1.807, 2.05) is 13.0 Å². The summed E-state index contributed by atoms with van der Waals surface area (Å²) in [5.41, 5.74) is 0.698. The topological polar surface area (TPSA) is 54.0 Å². The molecule has 2 heterocycles. The molecule has 122 valence electrons. The molecule has 2 N–H and O–H groups in total. The number of hydrogen-bond acceptors (Lipinski definition) is 3. The molecule has 0 saturated heterocycles. The van der Waals surface area contributed by atoms with Crippen molar-refractivity contribution in [1.82, 2.24) is 15.6 Å². The lowest BCUT2D eigenvalue weighted by Gasteiger charge is -2.30. The highest BCUT2D eigenvalue weighted by molar-refractivity contribution is 5.93. The molecule has 24 heavy (non-hydrogen) atoms. The number of nitrogens with one attached hydrogen (secondary N) is 2. The molecule has 0 fully saturated rings. The van der Waals surface area contributed by atoms with Gasteiger partial charge < -0.3 is 10.6 Å². The molecule has 1 aromatic carbocycles. The van der Waals surface area contributed by atoms with Gasteiger partial charge in [-0.3, -0.25) is 9.78 Å². The van der Waals surface area contributed by atoms with Crippen LogP contribution < -0.4 is 10.6 Å². The van der Waals surface area contributed by atoms with E-state index >= 15 is 0 Å². The molecule has 1 atom stereocenters. The van der Waals surface area contributed by atoms with Gasteiger partial charge in [0.1, 0.15) is 11.2 Å². The van der Waals surface area contributed by atoms with Gasteiger partial charge in [0.2, 0.25) is 5.91 Å². The van der Waals surface area contributed by atoms with Crippen molar-refractivity contribution in [3.63, 3.8) is 0 Å². The van der Waals surface area contributed by atoms with Crippen LogP contribution in [-0.2, 0) is 10.2 Å². The Morgan fingerprint density at radius 1 is 1.21 bits per heavy atom. The first kappa shape index (κ1) is 15.9. The van der Waals surface area contributed by atoms with E-state index in [9.17, 15) is 9.18 Å². The highest BCUT2D eigenvalue weighted by atomic mass is 19.1. The summed E-state index contributed by atoms with van der Waals surface area (Å²) in [7, 11) is 0. The first-order valence-electron chi connectivity index (χ1n) is 7.70. The predicted molar refractivity (Wildman–Crippen MR) is 90.3 cm³/mol. The van der Waals surface area contributed by atoms with Gasteiger partial charge in [0, 0.05) is 12.4 Å². The van der Waals surface area contributed by atoms with E-state index in [4.69, 9.17) is 0 Å². The molecule has 1 aliphatic rings. The van der Waals surface area contributed by atoms with Gasteiger partial charge >= 0.3 is 0 Å². The van der Waals surface area contributed by atoms with Gasteiger partial charge in [0.25, 0.3) is 0 Å². The van der Waals surface area contributed by atoms with Crippen LogP contribution in [0.15, 0.2) is 73.3 Å². The maximum atomic E-state index is 13.1. The number of rotatable bonds is 4. The Morgan fingerprint density at radius 3 is 2.54 bits per heavy atom. The van der Waals surface area contributed by atoms with Gasteiger partial charge in [-0.25, -0.2) is 4.39 Å². The number of amides is 1. The fourth-order valence-corrected chi connectivity index (χ4v) is 2.70. The zero-order chi connectivity index (χ0) is 17.0. The van der Waals surface area contributed by atoms with Crippen molar-refractivity contribution >= 4 is 5.91 Å². The van der Waals surface area contributed by atoms with E-state index in [1.165, 1.54) is 12.1 Å². The van der Waals surface area contributed by atoms with Gasteiger partial charge in [0.15, 0.2) is 0 Å². The fraction of sp³-hybridized carbons (Fsp3) is 0.158. The second-order valence-electron chi connectivity index (χ2n) is 5.69. The van der Waals surface area contributed by atoms with E-state index in [-0.39, 0.29) is 17.8 Å². The first-order valence-corrected chi connectivity index (χ1v) is 7.70. The van der Waals surface area contributed by atoms with Crippen molar-refractivity contribution in [2.45, 2.75) is 18.4 Å². The summed E-state index contributed by atoms with van der Waals surface area (Å²) in [6.45, 7) is 1.87. The minimum Gasteiger partial charge on any atom is -0.368 e. The first-order chi connectivity index (χ1) is 11.6. The Bertz CT molecular complexity index is 757. The molecule has 0 saturated carbocycles. The molecular weight excluding hydrogens is 305 g/mol. The fourth-order valence-electron chi connectivity index (χ4n) is 2.70. The molecule has 1 aliphatic heterocycles. The third kappa shape index (κ3) is 3.06. The molecular formula is C19H18FN3O. The summed E-state index contributed by atoms with van der Waals surface area (Å²) in [5, 5.41) is 5.96. The Hall–Kier alpha value is -2.95. The van der Waals surface area contributed by atoms with Crippen LogP contribution in [0.4, 0.5) is 4.39 Å². The zero-order valence-corrected chi connectivity index (χ0v) is 13.2. The Kier molecular flexibility index (Phi) is 4.42. The van der Waals surface area contributed by atoms with E-state index < -0.39 is 5.41 Å². The van der Waals surface area contributed by atoms with E-state index in [1.54, 1.807) is 55.1 Å². The van der Waals surface area contributed by atoms with Crippen molar-refractivity contribution < 1.29 is 9.18 Å². The van der Waals surface area contributed by atoms with E-state index in [0.29, 0.717) is 0 Å². The van der Waals surface area contributed by atoms with Crippen LogP contribution in [0.3, 0.4) is 0 Å². The van der Waals surface area contributed by atoms with Crippen LogP contribution in [0.25, 0.3) is 0 Å². The Morgan fingerprint density at radius 2 is 1.92 bits per heavy atom. The van der Waals surface area contributed by atoms with Crippen molar-refractivity contribution in [3.8, 4) is 0 Å². The predicted octanol–water partition coefficient (Wildman–Crippen LogP) is 2.97. The number of nitrogens with zero attached hydrogens (tertiary/aromatic N) is 1. The minimum atomic E-state index is -0.923. The SMILES string of the molecule is C[C@H](NC(=O)C1(c2cccnc2)C=CNC=C1)c1ccc(F)cc1. The third-order valence-corrected chi connectivity index (χ3v) is 4.12. The number of aromatic nitrogens is 1. The quantitative estimate of drug-likeness (QED) is 0.909. The standard InChI is InChI=1S/C19H18FN3O/c1-14(15-4-6-17(20)7-5-15)23-18(24)19(8-11-21-12-9-19)16-3-2-10-22-13-16/h2-14,21H,1H3,(H,23,24)/t14-/m0/s1. The molecule has 0 bridgehead atoms. The average Bonchev–Trinajstić information content (AvgIpc) is 2.63. The Labute approximate surface area is 140 Å². The molecule has 2 aromatic rings. The van der Waals surface area contributed by atoms with Gasteiger partial charge in [0.05, 0.1) is 6.04 Å². The Balaban J connectivity index is 1.87. The monoisotopic (exact) mass is 323 g/mol. The minimum absolute atomic E-state index is 0.165. The average molecular weight is 323 g/mol. The number of carbonyl (C=O) groups is 1. The maximum Gasteiger partial charge on any atom is 0.239 e.